The van der Waals surface area contributed by atoms with E-state index in [9.17, 15) is 14.4 Å². The van der Waals surface area contributed by atoms with Crippen LogP contribution in [-0.2, 0) is 9.53 Å². The molecule has 2 rings (SSSR count). The summed E-state index contributed by atoms with van der Waals surface area (Å²) in [5.41, 5.74) is 0.295. The van der Waals surface area contributed by atoms with Crippen LogP contribution in [0.2, 0.25) is 0 Å². The highest BCUT2D eigenvalue weighted by Gasteiger charge is 2.21. The van der Waals surface area contributed by atoms with E-state index in [0.717, 1.165) is 0 Å². The summed E-state index contributed by atoms with van der Waals surface area (Å²) in [6.07, 6.45) is -0.912. The Morgan fingerprint density at radius 3 is 2.57 bits per heavy atom. The fourth-order valence-electron chi connectivity index (χ4n) is 2.01. The third-order valence-electron chi connectivity index (χ3n) is 3.04. The number of aromatic nitrogens is 1. The number of carbonyl (C=O) groups is 2. The first-order valence-electron chi connectivity index (χ1n) is 6.44. The lowest BCUT2D eigenvalue weighted by molar-refractivity contribution is -0.137. The van der Waals surface area contributed by atoms with Crippen LogP contribution < -0.4 is 5.56 Å². The molecular formula is C15H16N2O4. The van der Waals surface area contributed by atoms with Gasteiger partial charge in [-0.15, -0.1) is 0 Å². The highest BCUT2D eigenvalue weighted by molar-refractivity contribution is 6.03. The van der Waals surface area contributed by atoms with E-state index in [1.165, 1.54) is 17.9 Å². The van der Waals surface area contributed by atoms with Crippen LogP contribution in [0, 0.1) is 0 Å². The summed E-state index contributed by atoms with van der Waals surface area (Å²) in [7, 11) is 3.16. The average Bonchev–Trinajstić information content (AvgIpc) is 2.45. The molecule has 6 nitrogen and oxygen atoms in total. The molecule has 1 atom stereocenters. The minimum atomic E-state index is -0.912. The Labute approximate surface area is 121 Å². The molecule has 0 saturated heterocycles. The Balaban J connectivity index is 2.36. The summed E-state index contributed by atoms with van der Waals surface area (Å²) < 4.78 is 5.14. The quantitative estimate of drug-likeness (QED) is 0.860. The van der Waals surface area contributed by atoms with Crippen molar-refractivity contribution in [2.24, 2.45) is 0 Å². The molecule has 110 valence electrons. The van der Waals surface area contributed by atoms with E-state index in [2.05, 4.69) is 4.98 Å². The topological polar surface area (TPSA) is 79.5 Å². The molecule has 0 radical (unpaired) electrons. The van der Waals surface area contributed by atoms with E-state index in [-0.39, 0.29) is 11.5 Å². The van der Waals surface area contributed by atoms with Crippen molar-refractivity contribution in [2.75, 3.05) is 14.1 Å². The van der Waals surface area contributed by atoms with E-state index in [0.29, 0.717) is 10.9 Å². The van der Waals surface area contributed by atoms with Gasteiger partial charge in [-0.25, -0.2) is 4.79 Å². The summed E-state index contributed by atoms with van der Waals surface area (Å²) in [6, 6.07) is 8.09. The number of likely N-dealkylation sites (N-methyl/N-ethyl adjacent to an activating group) is 1. The first kappa shape index (κ1) is 14.8. The molecule has 6 heteroatoms. The van der Waals surface area contributed by atoms with Gasteiger partial charge in [0.05, 0.1) is 5.56 Å². The normalized spacial score (nSPS) is 12.0. The number of nitrogens with zero attached hydrogens (tertiary/aromatic N) is 1. The highest BCUT2D eigenvalue weighted by atomic mass is 16.5. The van der Waals surface area contributed by atoms with Gasteiger partial charge in [0.25, 0.3) is 5.91 Å². The van der Waals surface area contributed by atoms with Crippen LogP contribution in [0.3, 0.4) is 0 Å². The van der Waals surface area contributed by atoms with E-state index in [1.807, 2.05) is 0 Å². The Hall–Kier alpha value is -2.63. The maximum absolute atomic E-state index is 12.2. The third kappa shape index (κ3) is 3.10. The number of hydrogen-bond donors (Lipinski definition) is 1. The molecule has 21 heavy (non-hydrogen) atoms. The van der Waals surface area contributed by atoms with Gasteiger partial charge in [-0.05, 0) is 13.0 Å². The number of para-hydroxylation sites is 1. The van der Waals surface area contributed by atoms with E-state index < -0.39 is 17.6 Å². The lowest BCUT2D eigenvalue weighted by Gasteiger charge is -2.17. The van der Waals surface area contributed by atoms with Crippen molar-refractivity contribution in [3.63, 3.8) is 0 Å². The molecule has 1 heterocycles. The number of carbonyl (C=O) groups excluding carboxylic acids is 2. The number of H-pyrrole nitrogens is 1. The van der Waals surface area contributed by atoms with E-state index >= 15 is 0 Å². The lowest BCUT2D eigenvalue weighted by atomic mass is 10.1. The Morgan fingerprint density at radius 1 is 1.24 bits per heavy atom. The zero-order valence-electron chi connectivity index (χ0n) is 12.0. The molecule has 0 saturated carbocycles. The molecule has 0 bridgehead atoms. The fraction of sp³-hybridized carbons (Fsp3) is 0.267. The van der Waals surface area contributed by atoms with Crippen LogP contribution in [0.15, 0.2) is 35.1 Å². The minimum absolute atomic E-state index is 0.146. The Morgan fingerprint density at radius 2 is 1.90 bits per heavy atom. The zero-order chi connectivity index (χ0) is 15.6. The van der Waals surface area contributed by atoms with Gasteiger partial charge >= 0.3 is 5.97 Å². The zero-order valence-corrected chi connectivity index (χ0v) is 12.0. The van der Waals surface area contributed by atoms with Crippen molar-refractivity contribution < 1.29 is 14.3 Å². The van der Waals surface area contributed by atoms with Crippen molar-refractivity contribution in [1.29, 1.82) is 0 Å². The maximum Gasteiger partial charge on any atom is 0.339 e. The summed E-state index contributed by atoms with van der Waals surface area (Å²) in [5, 5.41) is 0.576. The molecule has 0 aliphatic rings. The second-order valence-corrected chi connectivity index (χ2v) is 4.87. The molecule has 1 aromatic carbocycles. The predicted molar refractivity (Wildman–Crippen MR) is 78.1 cm³/mol. The first-order chi connectivity index (χ1) is 9.90. The molecule has 1 N–H and O–H groups in total. The van der Waals surface area contributed by atoms with Crippen LogP contribution >= 0.6 is 0 Å². The molecular weight excluding hydrogens is 272 g/mol. The van der Waals surface area contributed by atoms with Crippen molar-refractivity contribution in [3.8, 4) is 0 Å². The minimum Gasteiger partial charge on any atom is -0.449 e. The van der Waals surface area contributed by atoms with Crippen molar-refractivity contribution in [2.45, 2.75) is 13.0 Å². The number of nitrogens with one attached hydrogen (secondary N) is 1. The smallest absolute Gasteiger partial charge is 0.339 e. The Bertz CT molecular complexity index is 749. The van der Waals surface area contributed by atoms with Crippen molar-refractivity contribution in [3.05, 3.63) is 46.2 Å². The van der Waals surface area contributed by atoms with E-state index in [4.69, 9.17) is 4.74 Å². The van der Waals surface area contributed by atoms with Gasteiger partial charge < -0.3 is 14.6 Å². The number of ether oxygens (including phenoxy) is 1. The highest BCUT2D eigenvalue weighted by Crippen LogP contribution is 2.16. The van der Waals surface area contributed by atoms with Crippen LogP contribution in [0.25, 0.3) is 10.9 Å². The maximum atomic E-state index is 12.2. The van der Waals surface area contributed by atoms with Crippen LogP contribution in [0.4, 0.5) is 0 Å². The summed E-state index contributed by atoms with van der Waals surface area (Å²) in [5.74, 6) is -1.02. The molecule has 2 aromatic rings. The van der Waals surface area contributed by atoms with Gasteiger partial charge in [-0.3, -0.25) is 9.59 Å². The van der Waals surface area contributed by atoms with Gasteiger partial charge in [-0.1, -0.05) is 18.2 Å². The third-order valence-corrected chi connectivity index (χ3v) is 3.04. The molecule has 0 aliphatic heterocycles. The number of rotatable bonds is 3. The number of esters is 1. The fourth-order valence-corrected chi connectivity index (χ4v) is 2.01. The number of amides is 1. The number of aromatic amines is 1. The van der Waals surface area contributed by atoms with Crippen LogP contribution in [-0.4, -0.2) is 42.0 Å². The predicted octanol–water partition coefficient (Wildman–Crippen LogP) is 1.16. The van der Waals surface area contributed by atoms with Gasteiger partial charge in [-0.2, -0.15) is 0 Å². The van der Waals surface area contributed by atoms with Crippen molar-refractivity contribution >= 4 is 22.8 Å². The van der Waals surface area contributed by atoms with Crippen LogP contribution in [0.1, 0.15) is 17.3 Å². The average molecular weight is 288 g/mol. The summed E-state index contributed by atoms with van der Waals surface area (Å²) in [4.78, 5) is 39.5. The van der Waals surface area contributed by atoms with E-state index in [1.54, 1.807) is 38.4 Å². The Kier molecular flexibility index (Phi) is 4.07. The van der Waals surface area contributed by atoms with Gasteiger partial charge in [0.15, 0.2) is 6.10 Å². The second kappa shape index (κ2) is 5.78. The number of fused-ring (bicyclic) bond motifs is 1. The van der Waals surface area contributed by atoms with Gasteiger partial charge in [0.1, 0.15) is 0 Å². The summed E-state index contributed by atoms with van der Waals surface area (Å²) >= 11 is 0. The SMILES string of the molecule is C[C@@H](OC(=O)c1cc(=O)[nH]c2ccccc12)C(=O)N(C)C. The molecule has 0 spiro atoms. The number of pyridine rings is 1. The largest absolute Gasteiger partial charge is 0.449 e. The van der Waals surface area contributed by atoms with Gasteiger partial charge in [0.2, 0.25) is 5.56 Å². The second-order valence-electron chi connectivity index (χ2n) is 4.87. The lowest BCUT2D eigenvalue weighted by Crippen LogP contribution is -2.35. The van der Waals surface area contributed by atoms with Crippen molar-refractivity contribution in [1.82, 2.24) is 9.88 Å². The molecule has 0 aliphatic carbocycles. The summed E-state index contributed by atoms with van der Waals surface area (Å²) in [6.45, 7) is 1.50. The van der Waals surface area contributed by atoms with Crippen LogP contribution in [0.5, 0.6) is 0 Å². The molecule has 1 amide bonds. The van der Waals surface area contributed by atoms with Gasteiger partial charge in [0, 0.05) is 31.1 Å². The molecule has 0 fully saturated rings. The first-order valence-corrected chi connectivity index (χ1v) is 6.44. The standard InChI is InChI=1S/C15H16N2O4/c1-9(14(19)17(2)3)21-15(20)11-8-13(18)16-12-7-5-4-6-10(11)12/h4-9H,1-3H3,(H,16,18)/t9-/m1/s1. The monoisotopic (exact) mass is 288 g/mol. The number of hydrogen-bond acceptors (Lipinski definition) is 4. The molecule has 0 unspecified atom stereocenters. The number of benzene rings is 1. The molecule has 1 aromatic heterocycles.